The molecule has 0 aromatic carbocycles. The quantitative estimate of drug-likeness (QED) is 0.287. The van der Waals surface area contributed by atoms with E-state index in [1.54, 1.807) is 5.48 Å². The van der Waals surface area contributed by atoms with Crippen LogP contribution in [0, 0.1) is 0 Å². The van der Waals surface area contributed by atoms with Gasteiger partial charge in [-0.1, -0.05) is 19.3 Å². The minimum Gasteiger partial charge on any atom is -0.289 e. The van der Waals surface area contributed by atoms with Gasteiger partial charge in [-0.05, 0) is 23.6 Å². The Kier molecular flexibility index (Phi) is 8.68. The fraction of sp³-hybridized carbons (Fsp3) is 0.889. The summed E-state index contributed by atoms with van der Waals surface area (Å²) < 4.78 is 21.5. The molecule has 0 aromatic heterocycles. The molecule has 0 radical (unpaired) electrons. The number of unbranched alkanes of at least 4 members (excludes halogenated alkanes) is 4. The van der Waals surface area contributed by atoms with E-state index in [-0.39, 0.29) is 5.91 Å². The topological polar surface area (TPSA) is 83.5 Å². The maximum atomic E-state index is 10.8. The van der Waals surface area contributed by atoms with Crippen molar-refractivity contribution in [1.29, 1.82) is 0 Å². The molecule has 0 atom stereocenters. The van der Waals surface area contributed by atoms with Gasteiger partial charge in [-0.3, -0.25) is 10.0 Å². The van der Waals surface area contributed by atoms with E-state index >= 15 is 0 Å². The maximum Gasteiger partial charge on any atom is 0.243 e. The molecule has 0 aliphatic carbocycles. The number of nitrogens with one attached hydrogen (secondary N) is 1. The van der Waals surface area contributed by atoms with E-state index in [0.717, 1.165) is 42.9 Å². The fourth-order valence-electron chi connectivity index (χ4n) is 1.18. The molecule has 0 unspecified atom stereocenters. The van der Waals surface area contributed by atoms with Crippen LogP contribution in [-0.2, 0) is 13.7 Å². The van der Waals surface area contributed by atoms with E-state index in [4.69, 9.17) is 5.21 Å². The van der Waals surface area contributed by atoms with Crippen LogP contribution in [0.15, 0.2) is 0 Å². The lowest BCUT2D eigenvalue weighted by atomic mass is 10.1. The number of rotatable bonds is 9. The summed E-state index contributed by atoms with van der Waals surface area (Å²) in [6.45, 7) is 0. The van der Waals surface area contributed by atoms with Crippen LogP contribution in [0.2, 0.25) is 0 Å². The Morgan fingerprint density at radius 1 is 1.19 bits per heavy atom. The highest BCUT2D eigenvalue weighted by atomic mass is 33.1. The summed E-state index contributed by atoms with van der Waals surface area (Å²) in [6, 6.07) is 0. The lowest BCUT2D eigenvalue weighted by molar-refractivity contribution is -0.129. The van der Waals surface area contributed by atoms with E-state index in [2.05, 4.69) is 0 Å². The predicted molar refractivity (Wildman–Crippen MR) is 64.9 cm³/mol. The summed E-state index contributed by atoms with van der Waals surface area (Å²) in [6.07, 6.45) is 6.08. The highest BCUT2D eigenvalue weighted by Crippen LogP contribution is 2.14. The van der Waals surface area contributed by atoms with Crippen LogP contribution in [0.25, 0.3) is 0 Å². The molecule has 0 heterocycles. The van der Waals surface area contributed by atoms with E-state index in [0.29, 0.717) is 12.2 Å². The van der Waals surface area contributed by atoms with Crippen molar-refractivity contribution in [3.63, 3.8) is 0 Å². The Hall–Kier alpha value is -0.270. The van der Waals surface area contributed by atoms with Gasteiger partial charge in [0.05, 0.1) is 0 Å². The van der Waals surface area contributed by atoms with Gasteiger partial charge in [-0.15, -0.1) is 0 Å². The third kappa shape index (κ3) is 11.8. The average Bonchev–Trinajstić information content (AvgIpc) is 2.20. The largest absolute Gasteiger partial charge is 0.289 e. The van der Waals surface area contributed by atoms with E-state index in [1.807, 2.05) is 0 Å². The Morgan fingerprint density at radius 2 is 1.75 bits per heavy atom. The number of hydrogen-bond donors (Lipinski definition) is 2. The molecule has 0 saturated heterocycles. The van der Waals surface area contributed by atoms with Gasteiger partial charge < -0.3 is 0 Å². The Bertz CT molecular complexity index is 290. The third-order valence-electron chi connectivity index (χ3n) is 1.97. The molecule has 7 heteroatoms. The molecular formula is C9H19NO4S2. The van der Waals surface area contributed by atoms with Crippen LogP contribution in [-0.4, -0.2) is 31.5 Å². The second-order valence-electron chi connectivity index (χ2n) is 3.58. The Labute approximate surface area is 100 Å². The van der Waals surface area contributed by atoms with Crippen molar-refractivity contribution in [2.45, 2.75) is 38.5 Å². The van der Waals surface area contributed by atoms with Crippen LogP contribution >= 0.6 is 10.8 Å². The summed E-state index contributed by atoms with van der Waals surface area (Å²) >= 11 is 0. The van der Waals surface area contributed by atoms with Gasteiger partial charge in [-0.2, -0.15) is 0 Å². The normalized spacial score (nSPS) is 11.4. The first-order chi connectivity index (χ1) is 7.45. The average molecular weight is 269 g/mol. The van der Waals surface area contributed by atoms with Gasteiger partial charge in [0.1, 0.15) is 0 Å². The number of hydroxylamine groups is 1. The van der Waals surface area contributed by atoms with Crippen molar-refractivity contribution in [2.75, 3.05) is 12.0 Å². The SMILES string of the molecule is CS(=O)(=O)SCCCCCCCC(=O)NO. The minimum absolute atomic E-state index is 0.342. The molecule has 0 fully saturated rings. The van der Waals surface area contributed by atoms with Crippen LogP contribution in [0.1, 0.15) is 38.5 Å². The lowest BCUT2D eigenvalue weighted by Gasteiger charge is -2.01. The van der Waals surface area contributed by atoms with Gasteiger partial charge in [0, 0.05) is 18.4 Å². The summed E-state index contributed by atoms with van der Waals surface area (Å²) in [5, 5.41) is 8.22. The first kappa shape index (κ1) is 15.7. The molecule has 0 spiro atoms. The fourth-order valence-corrected chi connectivity index (χ4v) is 3.07. The summed E-state index contributed by atoms with van der Waals surface area (Å²) in [4.78, 5) is 10.6. The van der Waals surface area contributed by atoms with Gasteiger partial charge in [0.2, 0.25) is 5.91 Å². The minimum atomic E-state index is -2.90. The summed E-state index contributed by atoms with van der Waals surface area (Å²) in [5.41, 5.74) is 1.58. The monoisotopic (exact) mass is 269 g/mol. The summed E-state index contributed by atoms with van der Waals surface area (Å²) in [5.74, 6) is 0.281. The third-order valence-corrected chi connectivity index (χ3v) is 4.64. The second-order valence-corrected chi connectivity index (χ2v) is 8.15. The van der Waals surface area contributed by atoms with Crippen LogP contribution in [0.4, 0.5) is 0 Å². The molecule has 96 valence electrons. The molecule has 5 nitrogen and oxygen atoms in total. The van der Waals surface area contributed by atoms with E-state index in [9.17, 15) is 13.2 Å². The van der Waals surface area contributed by atoms with E-state index in [1.165, 1.54) is 6.26 Å². The molecule has 0 saturated carbocycles. The van der Waals surface area contributed by atoms with Crippen LogP contribution < -0.4 is 5.48 Å². The zero-order chi connectivity index (χ0) is 12.4. The molecule has 0 bridgehead atoms. The smallest absolute Gasteiger partial charge is 0.243 e. The Morgan fingerprint density at radius 3 is 2.31 bits per heavy atom. The van der Waals surface area contributed by atoms with Crippen molar-refractivity contribution in [3.8, 4) is 0 Å². The molecule has 2 N–H and O–H groups in total. The first-order valence-corrected chi connectivity index (χ1v) is 8.62. The summed E-state index contributed by atoms with van der Waals surface area (Å²) in [7, 11) is -1.92. The predicted octanol–water partition coefficient (Wildman–Crippen LogP) is 1.53. The van der Waals surface area contributed by atoms with Crippen molar-refractivity contribution in [3.05, 3.63) is 0 Å². The molecular weight excluding hydrogens is 250 g/mol. The van der Waals surface area contributed by atoms with Crippen LogP contribution in [0.5, 0.6) is 0 Å². The van der Waals surface area contributed by atoms with Gasteiger partial charge in [0.15, 0.2) is 8.87 Å². The zero-order valence-corrected chi connectivity index (χ0v) is 11.1. The molecule has 0 aliphatic heterocycles. The van der Waals surface area contributed by atoms with Gasteiger partial charge in [-0.25, -0.2) is 13.9 Å². The van der Waals surface area contributed by atoms with Crippen molar-refractivity contribution in [2.24, 2.45) is 0 Å². The molecule has 0 aromatic rings. The lowest BCUT2D eigenvalue weighted by Crippen LogP contribution is -2.17. The molecule has 1 amide bonds. The standard InChI is InChI=1S/C9H19NO4S2/c1-16(13,14)15-8-6-4-2-3-5-7-9(11)10-12/h12H,2-8H2,1H3,(H,10,11). The Balaban J connectivity index is 3.19. The number of carbonyl (C=O) groups is 1. The molecule has 0 rings (SSSR count). The number of amides is 1. The first-order valence-electron chi connectivity index (χ1n) is 5.23. The second kappa shape index (κ2) is 8.83. The van der Waals surface area contributed by atoms with Crippen molar-refractivity contribution < 1.29 is 18.4 Å². The number of hydrogen-bond acceptors (Lipinski definition) is 5. The van der Waals surface area contributed by atoms with Crippen molar-refractivity contribution >= 4 is 25.6 Å². The highest BCUT2D eigenvalue weighted by Gasteiger charge is 2.02. The molecule has 0 aliphatic rings. The van der Waals surface area contributed by atoms with E-state index < -0.39 is 8.87 Å². The number of carbonyl (C=O) groups excluding carboxylic acids is 1. The maximum absolute atomic E-state index is 10.8. The van der Waals surface area contributed by atoms with Crippen molar-refractivity contribution in [1.82, 2.24) is 5.48 Å². The zero-order valence-electron chi connectivity index (χ0n) is 9.44. The van der Waals surface area contributed by atoms with Gasteiger partial charge >= 0.3 is 0 Å². The highest BCUT2D eigenvalue weighted by molar-refractivity contribution is 8.71. The van der Waals surface area contributed by atoms with Crippen LogP contribution in [0.3, 0.4) is 0 Å². The molecule has 16 heavy (non-hydrogen) atoms. The van der Waals surface area contributed by atoms with Gasteiger partial charge in [0.25, 0.3) is 0 Å².